The molecule has 0 saturated carbocycles. The van der Waals surface area contributed by atoms with Crippen molar-refractivity contribution in [2.24, 2.45) is 0 Å². The Morgan fingerprint density at radius 1 is 1.71 bits per heavy atom. The van der Waals surface area contributed by atoms with Crippen LogP contribution in [0.4, 0.5) is 0 Å². The van der Waals surface area contributed by atoms with E-state index in [2.05, 4.69) is 11.9 Å². The Morgan fingerprint density at radius 3 is 2.43 bits per heavy atom. The maximum Gasteiger partial charge on any atom is 0.0453 e. The molecule has 0 amide bonds. The summed E-state index contributed by atoms with van der Waals surface area (Å²) in [6.45, 7) is 2.32. The quantitative estimate of drug-likeness (QED) is 0.534. The first-order chi connectivity index (χ1) is 3.33. The van der Waals surface area contributed by atoms with Crippen molar-refractivity contribution in [3.05, 3.63) is 0 Å². The molecular formula is C4H8ClNS. The van der Waals surface area contributed by atoms with E-state index in [0.29, 0.717) is 5.25 Å². The molecule has 3 heteroatoms. The van der Waals surface area contributed by atoms with Gasteiger partial charge in [-0.25, -0.2) is 0 Å². The van der Waals surface area contributed by atoms with Gasteiger partial charge in [0.05, 0.1) is 0 Å². The SMILES string of the molecule is CN1CC(SCl)C1. The predicted octanol–water partition coefficient (Wildman–Crippen LogP) is 1.19. The molecule has 0 aliphatic carbocycles. The molecule has 0 atom stereocenters. The van der Waals surface area contributed by atoms with E-state index in [1.807, 2.05) is 0 Å². The van der Waals surface area contributed by atoms with Crippen molar-refractivity contribution in [3.63, 3.8) is 0 Å². The van der Waals surface area contributed by atoms with Crippen molar-refractivity contribution in [3.8, 4) is 0 Å². The van der Waals surface area contributed by atoms with E-state index in [-0.39, 0.29) is 0 Å². The summed E-state index contributed by atoms with van der Waals surface area (Å²) in [6, 6.07) is 0. The van der Waals surface area contributed by atoms with Gasteiger partial charge >= 0.3 is 0 Å². The molecule has 1 aliphatic heterocycles. The average molecular weight is 138 g/mol. The first kappa shape index (κ1) is 5.73. The van der Waals surface area contributed by atoms with E-state index in [9.17, 15) is 0 Å². The molecule has 0 N–H and O–H groups in total. The van der Waals surface area contributed by atoms with Gasteiger partial charge in [0.25, 0.3) is 0 Å². The number of likely N-dealkylation sites (tertiary alicyclic amines) is 1. The van der Waals surface area contributed by atoms with Crippen LogP contribution >= 0.6 is 21.7 Å². The van der Waals surface area contributed by atoms with Crippen LogP contribution in [0.5, 0.6) is 0 Å². The number of halogens is 1. The first-order valence-electron chi connectivity index (χ1n) is 2.29. The van der Waals surface area contributed by atoms with Crippen LogP contribution < -0.4 is 0 Å². The van der Waals surface area contributed by atoms with Crippen molar-refractivity contribution in [1.29, 1.82) is 0 Å². The number of nitrogens with zero attached hydrogens (tertiary/aromatic N) is 1. The second-order valence-electron chi connectivity index (χ2n) is 1.93. The monoisotopic (exact) mass is 137 g/mol. The molecule has 0 bridgehead atoms. The Labute approximate surface area is 52.5 Å². The highest BCUT2D eigenvalue weighted by molar-refractivity contribution is 8.21. The second kappa shape index (κ2) is 2.25. The van der Waals surface area contributed by atoms with Crippen molar-refractivity contribution in [2.45, 2.75) is 5.25 Å². The summed E-state index contributed by atoms with van der Waals surface area (Å²) in [5.74, 6) is 0. The standard InChI is InChI=1S/C4H8ClNS/c1-6-2-4(3-6)7-5/h4H,2-3H2,1H3. The Bertz CT molecular complexity index is 62.7. The minimum absolute atomic E-state index is 0.701. The van der Waals surface area contributed by atoms with Gasteiger partial charge in [0.1, 0.15) is 0 Å². The van der Waals surface area contributed by atoms with Crippen LogP contribution in [0.15, 0.2) is 0 Å². The fourth-order valence-corrected chi connectivity index (χ4v) is 1.66. The summed E-state index contributed by atoms with van der Waals surface area (Å²) in [6.07, 6.45) is 0. The Kier molecular flexibility index (Phi) is 1.84. The highest BCUT2D eigenvalue weighted by Crippen LogP contribution is 2.23. The zero-order valence-electron chi connectivity index (χ0n) is 4.22. The minimum Gasteiger partial charge on any atom is -0.304 e. The summed E-state index contributed by atoms with van der Waals surface area (Å²) in [5.41, 5.74) is 0. The average Bonchev–Trinajstić information content (AvgIpc) is 1.58. The van der Waals surface area contributed by atoms with E-state index in [0.717, 1.165) is 13.1 Å². The molecule has 1 nitrogen and oxygen atoms in total. The van der Waals surface area contributed by atoms with Crippen molar-refractivity contribution in [1.82, 2.24) is 4.90 Å². The summed E-state index contributed by atoms with van der Waals surface area (Å²) >= 11 is 0. The van der Waals surface area contributed by atoms with Crippen LogP contribution in [0, 0.1) is 0 Å². The van der Waals surface area contributed by atoms with Gasteiger partial charge in [-0.1, -0.05) is 0 Å². The Balaban J connectivity index is 2.06. The number of hydrogen-bond donors (Lipinski definition) is 0. The third-order valence-electron chi connectivity index (χ3n) is 1.16. The van der Waals surface area contributed by atoms with E-state index < -0.39 is 0 Å². The highest BCUT2D eigenvalue weighted by Gasteiger charge is 2.22. The molecule has 1 aliphatic rings. The molecule has 1 rings (SSSR count). The molecule has 1 saturated heterocycles. The normalized spacial score (nSPS) is 24.9. The number of rotatable bonds is 1. The van der Waals surface area contributed by atoms with Gasteiger partial charge in [-0.2, -0.15) is 0 Å². The fourth-order valence-electron chi connectivity index (χ4n) is 0.698. The highest BCUT2D eigenvalue weighted by atomic mass is 35.7. The maximum absolute atomic E-state index is 5.46. The largest absolute Gasteiger partial charge is 0.304 e. The Hall–Kier alpha value is 0.600. The van der Waals surface area contributed by atoms with E-state index in [4.69, 9.17) is 10.7 Å². The van der Waals surface area contributed by atoms with Crippen LogP contribution in [0.2, 0.25) is 0 Å². The minimum atomic E-state index is 0.701. The Morgan fingerprint density at radius 2 is 2.29 bits per heavy atom. The van der Waals surface area contributed by atoms with Gasteiger partial charge < -0.3 is 4.90 Å². The molecule has 0 spiro atoms. The third-order valence-corrected chi connectivity index (χ3v) is 2.46. The second-order valence-corrected chi connectivity index (χ2v) is 3.31. The summed E-state index contributed by atoms with van der Waals surface area (Å²) in [4.78, 5) is 2.25. The van der Waals surface area contributed by atoms with Gasteiger partial charge in [0, 0.05) is 18.3 Å². The van der Waals surface area contributed by atoms with Gasteiger partial charge in [-0.05, 0) is 28.7 Å². The van der Waals surface area contributed by atoms with Crippen molar-refractivity contribution >= 4 is 21.7 Å². The van der Waals surface area contributed by atoms with Gasteiger partial charge in [0.2, 0.25) is 0 Å². The van der Waals surface area contributed by atoms with Gasteiger partial charge in [-0.15, -0.1) is 0 Å². The molecule has 1 heterocycles. The summed E-state index contributed by atoms with van der Waals surface area (Å²) in [7, 11) is 9.01. The van der Waals surface area contributed by atoms with Crippen LogP contribution in [0.25, 0.3) is 0 Å². The molecule has 1 fully saturated rings. The third kappa shape index (κ3) is 1.24. The molecule has 0 unspecified atom stereocenters. The van der Waals surface area contributed by atoms with E-state index >= 15 is 0 Å². The molecule has 7 heavy (non-hydrogen) atoms. The van der Waals surface area contributed by atoms with Crippen LogP contribution in [-0.2, 0) is 0 Å². The van der Waals surface area contributed by atoms with Crippen LogP contribution in [0.3, 0.4) is 0 Å². The molecule has 0 radical (unpaired) electrons. The van der Waals surface area contributed by atoms with Gasteiger partial charge in [0.15, 0.2) is 0 Å². The van der Waals surface area contributed by atoms with Crippen molar-refractivity contribution < 1.29 is 0 Å². The topological polar surface area (TPSA) is 3.24 Å². The summed E-state index contributed by atoms with van der Waals surface area (Å²) in [5, 5.41) is 0.701. The lowest BCUT2D eigenvalue weighted by atomic mass is 10.2. The molecule has 0 aromatic heterocycles. The molecule has 42 valence electrons. The van der Waals surface area contributed by atoms with Crippen LogP contribution in [-0.4, -0.2) is 30.3 Å². The lowest BCUT2D eigenvalue weighted by molar-refractivity contribution is 0.240. The smallest absolute Gasteiger partial charge is 0.0453 e. The molecule has 0 aromatic rings. The zero-order valence-corrected chi connectivity index (χ0v) is 5.80. The van der Waals surface area contributed by atoms with Crippen LogP contribution in [0.1, 0.15) is 0 Å². The van der Waals surface area contributed by atoms with Crippen molar-refractivity contribution in [2.75, 3.05) is 20.1 Å². The van der Waals surface area contributed by atoms with Gasteiger partial charge in [-0.3, -0.25) is 0 Å². The lowest BCUT2D eigenvalue weighted by Gasteiger charge is -2.33. The predicted molar refractivity (Wildman–Crippen MR) is 34.7 cm³/mol. The van der Waals surface area contributed by atoms with E-state index in [1.54, 1.807) is 0 Å². The fraction of sp³-hybridized carbons (Fsp3) is 1.00. The lowest BCUT2D eigenvalue weighted by Crippen LogP contribution is -2.45. The maximum atomic E-state index is 5.46. The first-order valence-corrected chi connectivity index (χ1v) is 3.99. The number of hydrogen-bond acceptors (Lipinski definition) is 2. The van der Waals surface area contributed by atoms with E-state index in [1.165, 1.54) is 11.0 Å². The molecule has 0 aromatic carbocycles. The molecular weight excluding hydrogens is 130 g/mol. The summed E-state index contributed by atoms with van der Waals surface area (Å²) < 4.78 is 0. The zero-order chi connectivity index (χ0) is 5.28.